The summed E-state index contributed by atoms with van der Waals surface area (Å²) in [5.41, 5.74) is 7.84. The second-order valence-corrected chi connectivity index (χ2v) is 17.4. The molecule has 0 spiro atoms. The lowest BCUT2D eigenvalue weighted by Gasteiger charge is -2.26. The summed E-state index contributed by atoms with van der Waals surface area (Å²) in [5.74, 6) is -12.2. The predicted molar refractivity (Wildman–Crippen MR) is 257 cm³/mol. The first-order valence-corrected chi connectivity index (χ1v) is 22.8. The number of phenolic OH excluding ortho intramolecular Hbond substituents is 2. The molecule has 0 radical (unpaired) electrons. The SMILES string of the molecule is CC(C)C[C@H](NC(=O)[C@H](CO)NC(=O)CNC(=O)[C@H](Cc1c[nH]c2ccccc12)NC(=O)[C@H](Cc1ccc(O)cc1)NC(=O)[C@@H](N)CC(=O)O)C(=O)N[C@@H](CC(=O)O)C(=O)N[C@@H](Cc1ccc(O)cc1)C(=O)O. The van der Waals surface area contributed by atoms with Crippen LogP contribution in [0.5, 0.6) is 11.5 Å². The van der Waals surface area contributed by atoms with Gasteiger partial charge in [-0.15, -0.1) is 0 Å². The fourth-order valence-corrected chi connectivity index (χ4v) is 7.34. The first-order valence-electron chi connectivity index (χ1n) is 22.8. The number of amides is 7. The molecule has 0 saturated heterocycles. The average Bonchev–Trinajstić information content (AvgIpc) is 3.74. The quantitative estimate of drug-likeness (QED) is 0.0293. The highest BCUT2D eigenvalue weighted by Gasteiger charge is 2.34. The van der Waals surface area contributed by atoms with Crippen molar-refractivity contribution < 1.29 is 78.6 Å². The van der Waals surface area contributed by atoms with Gasteiger partial charge in [0.2, 0.25) is 41.4 Å². The van der Waals surface area contributed by atoms with Gasteiger partial charge in [0, 0.05) is 36.4 Å². The number of H-pyrrole nitrogens is 1. The van der Waals surface area contributed by atoms with Gasteiger partial charge in [-0.1, -0.05) is 56.3 Å². The molecule has 0 saturated carbocycles. The number of aliphatic hydroxyl groups excluding tert-OH is 1. The second-order valence-electron chi connectivity index (χ2n) is 17.4. The lowest BCUT2D eigenvalue weighted by Crippen LogP contribution is -2.59. The first kappa shape index (κ1) is 57.0. The number of aromatic hydroxyl groups is 2. The largest absolute Gasteiger partial charge is 0.508 e. The van der Waals surface area contributed by atoms with Crippen LogP contribution in [0.25, 0.3) is 10.9 Å². The zero-order valence-corrected chi connectivity index (χ0v) is 39.6. The number of aromatic amines is 1. The fraction of sp³-hybridized carbons (Fsp3) is 0.375. The Morgan fingerprint density at radius 3 is 1.59 bits per heavy atom. The minimum Gasteiger partial charge on any atom is -0.508 e. The summed E-state index contributed by atoms with van der Waals surface area (Å²) >= 11 is 0. The van der Waals surface area contributed by atoms with Crippen LogP contribution in [0.15, 0.2) is 79.0 Å². The van der Waals surface area contributed by atoms with Crippen LogP contribution < -0.4 is 43.0 Å². The molecular formula is C48H59N9O16. The molecule has 0 aliphatic carbocycles. The fourth-order valence-electron chi connectivity index (χ4n) is 7.34. The first-order chi connectivity index (χ1) is 34.5. The van der Waals surface area contributed by atoms with Crippen molar-refractivity contribution in [2.24, 2.45) is 11.7 Å². The van der Waals surface area contributed by atoms with Crippen molar-refractivity contribution >= 4 is 70.2 Å². The normalized spacial score (nSPS) is 13.9. The Balaban J connectivity index is 1.47. The van der Waals surface area contributed by atoms with Gasteiger partial charge in [-0.3, -0.25) is 43.2 Å². The number of carboxylic acid groups (broad SMARTS) is 3. The monoisotopic (exact) mass is 1020 g/mol. The zero-order valence-electron chi connectivity index (χ0n) is 39.6. The number of hydrogen-bond acceptors (Lipinski definition) is 14. The van der Waals surface area contributed by atoms with Gasteiger partial charge >= 0.3 is 17.9 Å². The number of fused-ring (bicyclic) bond motifs is 1. The lowest BCUT2D eigenvalue weighted by atomic mass is 10.0. The molecule has 7 atom stereocenters. The number of carboxylic acids is 3. The van der Waals surface area contributed by atoms with E-state index >= 15 is 0 Å². The van der Waals surface area contributed by atoms with E-state index in [-0.39, 0.29) is 43.1 Å². The van der Waals surface area contributed by atoms with Gasteiger partial charge in [0.25, 0.3) is 0 Å². The van der Waals surface area contributed by atoms with Crippen LogP contribution in [0.3, 0.4) is 0 Å². The summed E-state index contributed by atoms with van der Waals surface area (Å²) < 4.78 is 0. The minimum atomic E-state index is -1.84. The minimum absolute atomic E-state index is 0.0911. The summed E-state index contributed by atoms with van der Waals surface area (Å²) in [5, 5.41) is 75.1. The van der Waals surface area contributed by atoms with E-state index in [1.54, 1.807) is 44.3 Å². The van der Waals surface area contributed by atoms with Crippen LogP contribution in [0.2, 0.25) is 0 Å². The van der Waals surface area contributed by atoms with E-state index in [1.165, 1.54) is 48.5 Å². The average molecular weight is 1020 g/mol. The third-order valence-electron chi connectivity index (χ3n) is 11.1. The number of carbonyl (C=O) groups excluding carboxylic acids is 7. The zero-order chi connectivity index (χ0) is 53.9. The molecule has 0 unspecified atom stereocenters. The summed E-state index contributed by atoms with van der Waals surface area (Å²) in [4.78, 5) is 133. The molecule has 0 bridgehead atoms. The van der Waals surface area contributed by atoms with Crippen LogP contribution in [0.4, 0.5) is 0 Å². The number of benzene rings is 3. The Morgan fingerprint density at radius 1 is 0.548 bits per heavy atom. The standard InChI is InChI=1S/C48H59N9O16/c1-24(2)15-33(44(68)56-36(20-41(64)65)46(70)57-37(48(72)73)17-26-9-13-29(60)14-10-26)54-47(71)38(23-58)52-39(61)22-51-43(67)35(18-27-21-50-32-6-4-3-5-30(27)32)55-45(69)34(16-25-7-11-28(59)12-8-25)53-42(66)31(49)19-40(62)63/h3-14,21,24,31,33-38,50,58-60H,15-20,22-23,49H2,1-2H3,(H,51,67)(H,52,61)(H,53,66)(H,54,71)(H,55,69)(H,56,68)(H,57,70)(H,62,63)(H,64,65)(H,72,73)/t31-,33-,34-,35-,36-,37-,38-/m0/s1. The molecule has 25 heteroatoms. The van der Waals surface area contributed by atoms with E-state index in [9.17, 15) is 78.6 Å². The number of aliphatic carboxylic acids is 3. The van der Waals surface area contributed by atoms with Crippen molar-refractivity contribution in [1.29, 1.82) is 0 Å². The molecule has 0 aliphatic rings. The number of carbonyl (C=O) groups is 10. The van der Waals surface area contributed by atoms with E-state index in [0.717, 1.165) is 0 Å². The van der Waals surface area contributed by atoms with Gasteiger partial charge in [0.15, 0.2) is 0 Å². The molecule has 1 heterocycles. The van der Waals surface area contributed by atoms with Crippen molar-refractivity contribution in [3.8, 4) is 11.5 Å². The third kappa shape index (κ3) is 18.3. The molecule has 4 rings (SSSR count). The van der Waals surface area contributed by atoms with Crippen molar-refractivity contribution in [2.45, 2.75) is 94.7 Å². The van der Waals surface area contributed by atoms with E-state index < -0.39 is 128 Å². The Morgan fingerprint density at radius 2 is 1.03 bits per heavy atom. The lowest BCUT2D eigenvalue weighted by molar-refractivity contribution is -0.143. The van der Waals surface area contributed by atoms with Gasteiger partial charge in [-0.25, -0.2) is 4.79 Å². The molecule has 0 fully saturated rings. The van der Waals surface area contributed by atoms with Gasteiger partial charge in [0.05, 0.1) is 32.0 Å². The maximum Gasteiger partial charge on any atom is 0.326 e. The summed E-state index contributed by atoms with van der Waals surface area (Å²) in [6.45, 7) is 1.46. The van der Waals surface area contributed by atoms with Gasteiger partial charge in [0.1, 0.15) is 47.8 Å². The number of hydrogen-bond donors (Lipinski definition) is 15. The molecule has 25 nitrogen and oxygen atoms in total. The van der Waals surface area contributed by atoms with Crippen LogP contribution in [0, 0.1) is 5.92 Å². The highest BCUT2D eigenvalue weighted by atomic mass is 16.4. The molecule has 392 valence electrons. The molecule has 1 aromatic heterocycles. The summed E-state index contributed by atoms with van der Waals surface area (Å²) in [7, 11) is 0. The number of aliphatic hydroxyl groups is 1. The van der Waals surface area contributed by atoms with Crippen LogP contribution in [-0.4, -0.2) is 150 Å². The molecule has 0 aliphatic heterocycles. The van der Waals surface area contributed by atoms with E-state index in [1.807, 2.05) is 0 Å². The maximum absolute atomic E-state index is 14.0. The molecule has 3 aromatic carbocycles. The summed E-state index contributed by atoms with van der Waals surface area (Å²) in [6, 6.07) is 6.89. The van der Waals surface area contributed by atoms with Crippen molar-refractivity contribution in [3.05, 3.63) is 95.7 Å². The summed E-state index contributed by atoms with van der Waals surface area (Å²) in [6.07, 6.45) is -0.953. The van der Waals surface area contributed by atoms with Crippen LogP contribution in [0.1, 0.15) is 49.8 Å². The Hall–Kier alpha value is -8.58. The number of nitrogens with one attached hydrogen (secondary N) is 8. The van der Waals surface area contributed by atoms with Crippen molar-refractivity contribution in [1.82, 2.24) is 42.2 Å². The number of rotatable bonds is 28. The molecule has 4 aromatic rings. The highest BCUT2D eigenvalue weighted by Crippen LogP contribution is 2.20. The third-order valence-corrected chi connectivity index (χ3v) is 11.1. The Labute approximate surface area is 416 Å². The van der Waals surface area contributed by atoms with Gasteiger partial charge in [-0.05, 0) is 59.4 Å². The van der Waals surface area contributed by atoms with Crippen LogP contribution >= 0.6 is 0 Å². The number of para-hydroxylation sites is 1. The van der Waals surface area contributed by atoms with E-state index in [2.05, 4.69) is 42.2 Å². The smallest absolute Gasteiger partial charge is 0.326 e. The number of aromatic nitrogens is 1. The molecule has 7 amide bonds. The highest BCUT2D eigenvalue weighted by molar-refractivity contribution is 5.98. The molecular weight excluding hydrogens is 959 g/mol. The van der Waals surface area contributed by atoms with Crippen molar-refractivity contribution in [2.75, 3.05) is 13.2 Å². The van der Waals surface area contributed by atoms with Crippen LogP contribution in [-0.2, 0) is 67.2 Å². The van der Waals surface area contributed by atoms with Gasteiger partial charge in [-0.2, -0.15) is 0 Å². The van der Waals surface area contributed by atoms with E-state index in [0.29, 0.717) is 27.6 Å². The second kappa shape index (κ2) is 27.1. The topological polar surface area (TPSA) is 418 Å². The van der Waals surface area contributed by atoms with Gasteiger partial charge < -0.3 is 78.6 Å². The molecule has 73 heavy (non-hydrogen) atoms. The maximum atomic E-state index is 14.0. The number of phenols is 2. The Kier molecular flexibility index (Phi) is 21.2. The van der Waals surface area contributed by atoms with Crippen molar-refractivity contribution in [3.63, 3.8) is 0 Å². The Bertz CT molecular complexity index is 2620. The predicted octanol–water partition coefficient (Wildman–Crippen LogP) is -1.97. The molecule has 16 N–H and O–H groups in total. The van der Waals surface area contributed by atoms with E-state index in [4.69, 9.17) is 5.73 Å². The number of nitrogens with two attached hydrogens (primary N) is 1.